The Kier molecular flexibility index (Phi) is 4.96. The van der Waals surface area contributed by atoms with E-state index in [9.17, 15) is 0 Å². The van der Waals surface area contributed by atoms with Crippen molar-refractivity contribution in [2.75, 3.05) is 6.54 Å². The lowest BCUT2D eigenvalue weighted by Crippen LogP contribution is -2.15. The summed E-state index contributed by atoms with van der Waals surface area (Å²) < 4.78 is 0. The summed E-state index contributed by atoms with van der Waals surface area (Å²) in [6.07, 6.45) is 3.38. The summed E-state index contributed by atoms with van der Waals surface area (Å²) in [5.74, 6) is 0. The zero-order valence-corrected chi connectivity index (χ0v) is 9.84. The smallest absolute Gasteiger partial charge is 0.0143 e. The molecule has 0 fully saturated rings. The molecule has 1 aromatic carbocycles. The van der Waals surface area contributed by atoms with Crippen molar-refractivity contribution in [2.45, 2.75) is 33.1 Å². The third-order valence-corrected chi connectivity index (χ3v) is 2.44. The summed E-state index contributed by atoms with van der Waals surface area (Å²) in [7, 11) is 0. The number of allylic oxidation sites excluding steroid dienone is 1. The number of unbranched alkanes of at least 4 members (excludes halogenated alkanes) is 1. The average Bonchev–Trinajstić information content (AvgIpc) is 2.22. The molecule has 0 spiro atoms. The highest BCUT2D eigenvalue weighted by molar-refractivity contribution is 5.24. The fourth-order valence-electron chi connectivity index (χ4n) is 1.46. The molecule has 0 saturated carbocycles. The monoisotopic (exact) mass is 203 g/mol. The maximum atomic E-state index is 4.03. The van der Waals surface area contributed by atoms with Crippen LogP contribution in [0.4, 0.5) is 0 Å². The molecule has 1 aromatic rings. The van der Waals surface area contributed by atoms with Gasteiger partial charge >= 0.3 is 0 Å². The summed E-state index contributed by atoms with van der Waals surface area (Å²) in [5, 5.41) is 3.35. The van der Waals surface area contributed by atoms with Crippen LogP contribution in [0.5, 0.6) is 0 Å². The Morgan fingerprint density at radius 1 is 1.27 bits per heavy atom. The van der Waals surface area contributed by atoms with E-state index in [4.69, 9.17) is 0 Å². The van der Waals surface area contributed by atoms with Gasteiger partial charge in [0.05, 0.1) is 0 Å². The molecule has 0 atom stereocenters. The van der Waals surface area contributed by atoms with Crippen LogP contribution in [0.3, 0.4) is 0 Å². The first kappa shape index (κ1) is 11.8. The SMILES string of the molecule is C=C(Cc1ccc(C)cc1)NCCCC. The van der Waals surface area contributed by atoms with Gasteiger partial charge in [0.25, 0.3) is 0 Å². The second kappa shape index (κ2) is 6.28. The minimum atomic E-state index is 0.935. The summed E-state index contributed by atoms with van der Waals surface area (Å²) >= 11 is 0. The van der Waals surface area contributed by atoms with Crippen molar-refractivity contribution < 1.29 is 0 Å². The molecule has 15 heavy (non-hydrogen) atoms. The Morgan fingerprint density at radius 3 is 2.53 bits per heavy atom. The lowest BCUT2D eigenvalue weighted by molar-refractivity contribution is 0.700. The highest BCUT2D eigenvalue weighted by atomic mass is 14.9. The molecular formula is C14H21N. The van der Waals surface area contributed by atoms with Gasteiger partial charge in [-0.3, -0.25) is 0 Å². The molecule has 1 N–H and O–H groups in total. The highest BCUT2D eigenvalue weighted by Crippen LogP contribution is 2.06. The first-order chi connectivity index (χ1) is 7.22. The zero-order valence-electron chi connectivity index (χ0n) is 9.84. The molecule has 82 valence electrons. The molecule has 0 heterocycles. The van der Waals surface area contributed by atoms with Crippen LogP contribution < -0.4 is 5.32 Å². The standard InChI is InChI=1S/C14H21N/c1-4-5-10-15-13(3)11-14-8-6-12(2)7-9-14/h6-9,15H,3-5,10-11H2,1-2H3. The molecular weight excluding hydrogens is 182 g/mol. The van der Waals surface area contributed by atoms with Crippen molar-refractivity contribution in [1.29, 1.82) is 0 Å². The number of nitrogens with one attached hydrogen (secondary N) is 1. The van der Waals surface area contributed by atoms with E-state index >= 15 is 0 Å². The average molecular weight is 203 g/mol. The Bertz CT molecular complexity index is 298. The summed E-state index contributed by atoms with van der Waals surface area (Å²) in [6.45, 7) is 9.38. The molecule has 0 aliphatic carbocycles. The van der Waals surface area contributed by atoms with E-state index in [1.54, 1.807) is 0 Å². The van der Waals surface area contributed by atoms with Gasteiger partial charge in [-0.25, -0.2) is 0 Å². The van der Waals surface area contributed by atoms with Gasteiger partial charge in [-0.1, -0.05) is 49.8 Å². The van der Waals surface area contributed by atoms with Gasteiger partial charge in [0.15, 0.2) is 0 Å². The van der Waals surface area contributed by atoms with E-state index < -0.39 is 0 Å². The molecule has 0 radical (unpaired) electrons. The van der Waals surface area contributed by atoms with E-state index in [0.717, 1.165) is 18.7 Å². The van der Waals surface area contributed by atoms with Crippen molar-refractivity contribution in [3.8, 4) is 0 Å². The molecule has 0 saturated heterocycles. The van der Waals surface area contributed by atoms with Crippen molar-refractivity contribution in [3.05, 3.63) is 47.7 Å². The lowest BCUT2D eigenvalue weighted by atomic mass is 10.1. The van der Waals surface area contributed by atoms with Gasteiger partial charge in [0.2, 0.25) is 0 Å². The van der Waals surface area contributed by atoms with Crippen LogP contribution in [0.25, 0.3) is 0 Å². The van der Waals surface area contributed by atoms with Crippen LogP contribution in [-0.2, 0) is 6.42 Å². The van der Waals surface area contributed by atoms with Crippen molar-refractivity contribution in [3.63, 3.8) is 0 Å². The number of benzene rings is 1. The van der Waals surface area contributed by atoms with Gasteiger partial charge in [-0.05, 0) is 18.9 Å². The Labute approximate surface area is 93.2 Å². The van der Waals surface area contributed by atoms with E-state index in [-0.39, 0.29) is 0 Å². The van der Waals surface area contributed by atoms with Gasteiger partial charge < -0.3 is 5.32 Å². The molecule has 0 amide bonds. The second-order valence-corrected chi connectivity index (χ2v) is 4.05. The van der Waals surface area contributed by atoms with Crippen molar-refractivity contribution in [1.82, 2.24) is 5.32 Å². The number of rotatable bonds is 6. The molecule has 0 aliphatic heterocycles. The largest absolute Gasteiger partial charge is 0.389 e. The van der Waals surface area contributed by atoms with Crippen LogP contribution in [-0.4, -0.2) is 6.54 Å². The predicted octanol–water partition coefficient (Wildman–Crippen LogP) is 3.44. The Balaban J connectivity index is 2.34. The van der Waals surface area contributed by atoms with E-state index in [1.807, 2.05) is 0 Å². The minimum absolute atomic E-state index is 0.935. The zero-order chi connectivity index (χ0) is 11.1. The lowest BCUT2D eigenvalue weighted by Gasteiger charge is -2.09. The van der Waals surface area contributed by atoms with Crippen molar-refractivity contribution >= 4 is 0 Å². The van der Waals surface area contributed by atoms with Gasteiger partial charge in [0, 0.05) is 18.7 Å². The third-order valence-electron chi connectivity index (χ3n) is 2.44. The Morgan fingerprint density at radius 2 is 1.93 bits per heavy atom. The topological polar surface area (TPSA) is 12.0 Å². The molecule has 0 aromatic heterocycles. The maximum absolute atomic E-state index is 4.03. The van der Waals surface area contributed by atoms with Crippen LogP contribution in [0.2, 0.25) is 0 Å². The molecule has 0 unspecified atom stereocenters. The fraction of sp³-hybridized carbons (Fsp3) is 0.429. The molecule has 0 aliphatic rings. The summed E-state index contributed by atoms with van der Waals surface area (Å²) in [5.41, 5.74) is 3.75. The minimum Gasteiger partial charge on any atom is -0.389 e. The first-order valence-corrected chi connectivity index (χ1v) is 5.69. The van der Waals surface area contributed by atoms with Gasteiger partial charge in [-0.15, -0.1) is 0 Å². The normalized spacial score (nSPS) is 10.0. The van der Waals surface area contributed by atoms with Crippen molar-refractivity contribution in [2.24, 2.45) is 0 Å². The van der Waals surface area contributed by atoms with Crippen LogP contribution >= 0.6 is 0 Å². The van der Waals surface area contributed by atoms with Crippen LogP contribution in [0.1, 0.15) is 30.9 Å². The molecule has 0 bridgehead atoms. The van der Waals surface area contributed by atoms with E-state index in [2.05, 4.69) is 50.0 Å². The van der Waals surface area contributed by atoms with Gasteiger partial charge in [0.1, 0.15) is 0 Å². The maximum Gasteiger partial charge on any atom is 0.0143 e. The van der Waals surface area contributed by atoms with E-state index in [0.29, 0.717) is 0 Å². The Hall–Kier alpha value is -1.24. The molecule has 1 rings (SSSR count). The van der Waals surface area contributed by atoms with Gasteiger partial charge in [-0.2, -0.15) is 0 Å². The number of aryl methyl sites for hydroxylation is 1. The third kappa shape index (κ3) is 4.68. The summed E-state index contributed by atoms with van der Waals surface area (Å²) in [4.78, 5) is 0. The quantitative estimate of drug-likeness (QED) is 0.698. The molecule has 1 nitrogen and oxygen atoms in total. The number of hydrogen-bond donors (Lipinski definition) is 1. The fourth-order valence-corrected chi connectivity index (χ4v) is 1.46. The first-order valence-electron chi connectivity index (χ1n) is 5.69. The van der Waals surface area contributed by atoms with Crippen LogP contribution in [0, 0.1) is 6.92 Å². The predicted molar refractivity (Wildman–Crippen MR) is 66.9 cm³/mol. The van der Waals surface area contributed by atoms with Crippen LogP contribution in [0.15, 0.2) is 36.5 Å². The highest BCUT2D eigenvalue weighted by Gasteiger charge is 1.96. The summed E-state index contributed by atoms with van der Waals surface area (Å²) in [6, 6.07) is 8.63. The molecule has 1 heteroatoms. The second-order valence-electron chi connectivity index (χ2n) is 4.05. The number of hydrogen-bond acceptors (Lipinski definition) is 1. The van der Waals surface area contributed by atoms with E-state index in [1.165, 1.54) is 24.0 Å².